The minimum atomic E-state index is 0.280. The van der Waals surface area contributed by atoms with Crippen LogP contribution in [0.2, 0.25) is 5.02 Å². The molecule has 0 aliphatic carbocycles. The molecule has 0 unspecified atom stereocenters. The van der Waals surface area contributed by atoms with Crippen LogP contribution in [0.1, 0.15) is 15.9 Å². The van der Waals surface area contributed by atoms with Gasteiger partial charge in [0.25, 0.3) is 0 Å². The molecule has 2 rings (SSSR count). The smallest absolute Gasteiger partial charge is 0.155 e. The van der Waals surface area contributed by atoms with E-state index < -0.39 is 0 Å². The summed E-state index contributed by atoms with van der Waals surface area (Å²) in [4.78, 5) is 14.8. The molecule has 0 atom stereocenters. The van der Waals surface area contributed by atoms with Crippen LogP contribution in [0.3, 0.4) is 0 Å². The number of nitrogens with zero attached hydrogens (tertiary/aromatic N) is 1. The number of carbonyl (C=O) groups is 1. The minimum absolute atomic E-state index is 0.280. The first-order chi connectivity index (χ1) is 9.24. The third-order valence-electron chi connectivity index (χ3n) is 2.57. The Labute approximate surface area is 115 Å². The Morgan fingerprint density at radius 3 is 2.63 bits per heavy atom. The van der Waals surface area contributed by atoms with E-state index in [2.05, 4.69) is 4.98 Å². The van der Waals surface area contributed by atoms with Crippen molar-refractivity contribution < 1.29 is 14.3 Å². The quantitative estimate of drug-likeness (QED) is 0.788. The largest absolute Gasteiger partial charge is 0.497 e. The molecule has 0 N–H and O–H groups in total. The summed E-state index contributed by atoms with van der Waals surface area (Å²) in [5.74, 6) is 1.15. The van der Waals surface area contributed by atoms with Crippen LogP contribution in [0.4, 0.5) is 0 Å². The maximum absolute atomic E-state index is 10.9. The molecule has 2 aromatic rings. The SMILES string of the molecule is COc1ccc(COc2cncc(Cl)c2C=O)cc1. The lowest BCUT2D eigenvalue weighted by atomic mass is 10.2. The summed E-state index contributed by atoms with van der Waals surface area (Å²) in [7, 11) is 1.61. The number of carbonyl (C=O) groups excluding carboxylic acids is 1. The summed E-state index contributed by atoms with van der Waals surface area (Å²) in [5, 5.41) is 0.280. The highest BCUT2D eigenvalue weighted by Crippen LogP contribution is 2.24. The fourth-order valence-electron chi connectivity index (χ4n) is 1.54. The van der Waals surface area contributed by atoms with Gasteiger partial charge in [-0.05, 0) is 17.7 Å². The molecule has 1 aromatic heterocycles. The van der Waals surface area contributed by atoms with E-state index in [0.29, 0.717) is 24.2 Å². The molecule has 0 saturated heterocycles. The number of hydrogen-bond donors (Lipinski definition) is 0. The van der Waals surface area contributed by atoms with E-state index in [1.54, 1.807) is 7.11 Å². The molecule has 4 nitrogen and oxygen atoms in total. The first-order valence-corrected chi connectivity index (χ1v) is 5.97. The zero-order chi connectivity index (χ0) is 13.7. The molecule has 0 amide bonds. The predicted octanol–water partition coefficient (Wildman–Crippen LogP) is 3.14. The summed E-state index contributed by atoms with van der Waals surface area (Å²) in [6, 6.07) is 7.46. The van der Waals surface area contributed by atoms with Crippen LogP contribution < -0.4 is 9.47 Å². The Hall–Kier alpha value is -2.07. The van der Waals surface area contributed by atoms with Gasteiger partial charge in [0.05, 0.1) is 23.9 Å². The number of pyridine rings is 1. The van der Waals surface area contributed by atoms with Gasteiger partial charge in [0.15, 0.2) is 6.29 Å². The van der Waals surface area contributed by atoms with E-state index >= 15 is 0 Å². The van der Waals surface area contributed by atoms with Crippen molar-refractivity contribution in [3.05, 3.63) is 52.8 Å². The summed E-state index contributed by atoms with van der Waals surface area (Å²) < 4.78 is 10.6. The van der Waals surface area contributed by atoms with Crippen molar-refractivity contribution in [1.29, 1.82) is 0 Å². The van der Waals surface area contributed by atoms with Gasteiger partial charge in [-0.1, -0.05) is 23.7 Å². The third-order valence-corrected chi connectivity index (χ3v) is 2.87. The van der Waals surface area contributed by atoms with Crippen LogP contribution in [0.25, 0.3) is 0 Å². The summed E-state index contributed by atoms with van der Waals surface area (Å²) >= 11 is 5.86. The number of methoxy groups -OCH3 is 1. The molecule has 1 heterocycles. The molecule has 0 radical (unpaired) electrons. The fraction of sp³-hybridized carbons (Fsp3) is 0.143. The molecule has 0 saturated carbocycles. The highest BCUT2D eigenvalue weighted by molar-refractivity contribution is 6.33. The van der Waals surface area contributed by atoms with Crippen molar-refractivity contribution in [2.45, 2.75) is 6.61 Å². The van der Waals surface area contributed by atoms with Crippen molar-refractivity contribution >= 4 is 17.9 Å². The zero-order valence-corrected chi connectivity index (χ0v) is 11.1. The lowest BCUT2D eigenvalue weighted by Crippen LogP contribution is -1.99. The molecule has 0 bridgehead atoms. The van der Waals surface area contributed by atoms with Gasteiger partial charge in [-0.3, -0.25) is 9.78 Å². The van der Waals surface area contributed by atoms with E-state index in [9.17, 15) is 4.79 Å². The van der Waals surface area contributed by atoms with Gasteiger partial charge in [-0.2, -0.15) is 0 Å². The normalized spacial score (nSPS) is 10.0. The molecular weight excluding hydrogens is 266 g/mol. The Morgan fingerprint density at radius 1 is 1.26 bits per heavy atom. The van der Waals surface area contributed by atoms with Crippen LogP contribution in [-0.2, 0) is 6.61 Å². The summed E-state index contributed by atoms with van der Waals surface area (Å²) in [5.41, 5.74) is 1.27. The highest BCUT2D eigenvalue weighted by Gasteiger charge is 2.08. The van der Waals surface area contributed by atoms with E-state index in [0.717, 1.165) is 11.3 Å². The van der Waals surface area contributed by atoms with Gasteiger partial charge < -0.3 is 9.47 Å². The third kappa shape index (κ3) is 3.23. The molecule has 19 heavy (non-hydrogen) atoms. The van der Waals surface area contributed by atoms with Gasteiger partial charge in [0.1, 0.15) is 18.1 Å². The molecule has 0 fully saturated rings. The van der Waals surface area contributed by atoms with Gasteiger partial charge in [0.2, 0.25) is 0 Å². The predicted molar refractivity (Wildman–Crippen MR) is 72.0 cm³/mol. The second kappa shape index (κ2) is 6.20. The van der Waals surface area contributed by atoms with Crippen molar-refractivity contribution in [1.82, 2.24) is 4.98 Å². The Balaban J connectivity index is 2.09. The maximum atomic E-state index is 10.9. The lowest BCUT2D eigenvalue weighted by Gasteiger charge is -2.09. The monoisotopic (exact) mass is 277 g/mol. The zero-order valence-electron chi connectivity index (χ0n) is 10.3. The average molecular weight is 278 g/mol. The number of benzene rings is 1. The summed E-state index contributed by atoms with van der Waals surface area (Å²) in [6.07, 6.45) is 3.54. The molecule has 0 spiro atoms. The van der Waals surface area contributed by atoms with Gasteiger partial charge in [-0.25, -0.2) is 0 Å². The molecule has 1 aromatic carbocycles. The number of hydrogen-bond acceptors (Lipinski definition) is 4. The van der Waals surface area contributed by atoms with Crippen molar-refractivity contribution in [2.75, 3.05) is 7.11 Å². The van der Waals surface area contributed by atoms with Crippen molar-refractivity contribution in [3.8, 4) is 11.5 Å². The molecule has 0 aliphatic heterocycles. The van der Waals surface area contributed by atoms with Crippen LogP contribution in [0, 0.1) is 0 Å². The van der Waals surface area contributed by atoms with Crippen molar-refractivity contribution in [2.24, 2.45) is 0 Å². The van der Waals surface area contributed by atoms with E-state index in [1.807, 2.05) is 24.3 Å². The van der Waals surface area contributed by atoms with Crippen LogP contribution in [-0.4, -0.2) is 18.4 Å². The van der Waals surface area contributed by atoms with Crippen LogP contribution >= 0.6 is 11.6 Å². The fourth-order valence-corrected chi connectivity index (χ4v) is 1.73. The Morgan fingerprint density at radius 2 is 2.00 bits per heavy atom. The van der Waals surface area contributed by atoms with E-state index in [-0.39, 0.29) is 5.02 Å². The molecule has 0 aliphatic rings. The first kappa shape index (κ1) is 13.4. The molecule has 98 valence electrons. The van der Waals surface area contributed by atoms with Crippen LogP contribution in [0.15, 0.2) is 36.7 Å². The average Bonchev–Trinajstić information content (AvgIpc) is 2.45. The second-order valence-corrected chi connectivity index (χ2v) is 4.19. The highest BCUT2D eigenvalue weighted by atomic mass is 35.5. The van der Waals surface area contributed by atoms with E-state index in [1.165, 1.54) is 12.4 Å². The number of rotatable bonds is 5. The van der Waals surface area contributed by atoms with Crippen LogP contribution in [0.5, 0.6) is 11.5 Å². The van der Waals surface area contributed by atoms with E-state index in [4.69, 9.17) is 21.1 Å². The Kier molecular flexibility index (Phi) is 4.36. The summed E-state index contributed by atoms with van der Waals surface area (Å²) in [6.45, 7) is 0.326. The molecular formula is C14H12ClNO3. The maximum Gasteiger partial charge on any atom is 0.155 e. The first-order valence-electron chi connectivity index (χ1n) is 5.59. The number of aromatic nitrogens is 1. The Bertz CT molecular complexity index is 569. The second-order valence-electron chi connectivity index (χ2n) is 3.79. The molecule has 5 heteroatoms. The van der Waals surface area contributed by atoms with Gasteiger partial charge in [-0.15, -0.1) is 0 Å². The topological polar surface area (TPSA) is 48.4 Å². The lowest BCUT2D eigenvalue weighted by molar-refractivity contribution is 0.111. The van der Waals surface area contributed by atoms with Crippen molar-refractivity contribution in [3.63, 3.8) is 0 Å². The minimum Gasteiger partial charge on any atom is -0.497 e. The van der Waals surface area contributed by atoms with Gasteiger partial charge in [0, 0.05) is 6.20 Å². The standard InChI is InChI=1S/C14H12ClNO3/c1-18-11-4-2-10(3-5-11)9-19-14-7-16-6-13(15)12(14)8-17/h2-8H,9H2,1H3. The number of halogens is 1. The number of ether oxygens (including phenoxy) is 2. The number of aldehydes is 1. The van der Waals surface area contributed by atoms with Gasteiger partial charge >= 0.3 is 0 Å².